The molecule has 0 heterocycles. The summed E-state index contributed by atoms with van der Waals surface area (Å²) < 4.78 is 19.0. The Hall–Kier alpha value is -1.67. The van der Waals surface area contributed by atoms with Crippen LogP contribution in [0, 0.1) is 0 Å². The van der Waals surface area contributed by atoms with Crippen LogP contribution < -0.4 is 0 Å². The third-order valence-corrected chi connectivity index (χ3v) is 2.52. The average molecular weight is 306 g/mol. The van der Waals surface area contributed by atoms with Gasteiger partial charge < -0.3 is 24.1 Å². The van der Waals surface area contributed by atoms with E-state index in [9.17, 15) is 19.5 Å². The highest BCUT2D eigenvalue weighted by molar-refractivity contribution is 5.92. The van der Waals surface area contributed by atoms with E-state index < -0.39 is 36.0 Å². The van der Waals surface area contributed by atoms with Crippen LogP contribution in [0.15, 0.2) is 0 Å². The Morgan fingerprint density at radius 1 is 1.00 bits per heavy atom. The molecular weight excluding hydrogens is 284 g/mol. The van der Waals surface area contributed by atoms with E-state index in [-0.39, 0.29) is 19.8 Å². The van der Waals surface area contributed by atoms with E-state index in [0.717, 1.165) is 7.11 Å². The Balaban J connectivity index is 5.39. The molecule has 0 spiro atoms. The van der Waals surface area contributed by atoms with Gasteiger partial charge in [0, 0.05) is 7.11 Å². The van der Waals surface area contributed by atoms with Crippen molar-refractivity contribution in [3.05, 3.63) is 0 Å². The molecule has 0 saturated carbocycles. The molecule has 0 saturated heterocycles. The number of aliphatic hydroxyl groups is 1. The van der Waals surface area contributed by atoms with Crippen LogP contribution in [0.3, 0.4) is 0 Å². The van der Waals surface area contributed by atoms with Crippen molar-refractivity contribution in [2.75, 3.05) is 26.9 Å². The van der Waals surface area contributed by atoms with Crippen LogP contribution in [-0.2, 0) is 33.3 Å². The first-order valence-corrected chi connectivity index (χ1v) is 6.61. The minimum Gasteiger partial charge on any atom is -0.466 e. The van der Waals surface area contributed by atoms with E-state index in [1.807, 2.05) is 0 Å². The summed E-state index contributed by atoms with van der Waals surface area (Å²) in [5.74, 6) is -2.99. The van der Waals surface area contributed by atoms with Crippen molar-refractivity contribution in [3.63, 3.8) is 0 Å². The van der Waals surface area contributed by atoms with Crippen molar-refractivity contribution in [3.8, 4) is 0 Å². The molecule has 122 valence electrons. The standard InChI is InChI=1S/C13H22O8/c1-5-19-9(14)8-13(17,12(16)21-7-3)10(18-4)11(15)20-6-2/h10,17H,5-8H2,1-4H3. The minimum atomic E-state index is -2.51. The highest BCUT2D eigenvalue weighted by Crippen LogP contribution is 2.23. The second kappa shape index (κ2) is 9.30. The zero-order valence-corrected chi connectivity index (χ0v) is 12.7. The van der Waals surface area contributed by atoms with Gasteiger partial charge >= 0.3 is 17.9 Å². The van der Waals surface area contributed by atoms with Gasteiger partial charge in [0.05, 0.1) is 26.2 Å². The van der Waals surface area contributed by atoms with Crippen LogP contribution >= 0.6 is 0 Å². The van der Waals surface area contributed by atoms with Crippen LogP contribution in [0.5, 0.6) is 0 Å². The van der Waals surface area contributed by atoms with Crippen molar-refractivity contribution in [2.45, 2.75) is 38.9 Å². The van der Waals surface area contributed by atoms with Gasteiger partial charge in [0.15, 0.2) is 6.10 Å². The predicted octanol–water partition coefficient (Wildman–Crippen LogP) is -0.188. The molecule has 1 N–H and O–H groups in total. The number of hydrogen-bond acceptors (Lipinski definition) is 8. The lowest BCUT2D eigenvalue weighted by atomic mass is 9.92. The lowest BCUT2D eigenvalue weighted by Crippen LogP contribution is -2.56. The van der Waals surface area contributed by atoms with E-state index in [4.69, 9.17) is 14.2 Å². The van der Waals surface area contributed by atoms with Crippen LogP contribution in [0.2, 0.25) is 0 Å². The number of rotatable bonds is 9. The van der Waals surface area contributed by atoms with Gasteiger partial charge in [-0.3, -0.25) is 4.79 Å². The molecule has 21 heavy (non-hydrogen) atoms. The molecule has 0 bridgehead atoms. The Morgan fingerprint density at radius 2 is 1.52 bits per heavy atom. The fraction of sp³-hybridized carbons (Fsp3) is 0.769. The second-order valence-electron chi connectivity index (χ2n) is 3.99. The van der Waals surface area contributed by atoms with Gasteiger partial charge in [-0.2, -0.15) is 0 Å². The summed E-state index contributed by atoms with van der Waals surface area (Å²) in [6.07, 6.45) is -2.47. The number of esters is 3. The van der Waals surface area contributed by atoms with Crippen LogP contribution in [0.4, 0.5) is 0 Å². The fourth-order valence-corrected chi connectivity index (χ4v) is 1.66. The third-order valence-electron chi connectivity index (χ3n) is 2.52. The monoisotopic (exact) mass is 306 g/mol. The molecule has 0 aromatic carbocycles. The molecule has 0 rings (SSSR count). The van der Waals surface area contributed by atoms with Crippen molar-refractivity contribution < 1.29 is 38.4 Å². The summed E-state index contributed by atoms with van der Waals surface area (Å²) in [7, 11) is 1.11. The van der Waals surface area contributed by atoms with Gasteiger partial charge in [0.25, 0.3) is 0 Å². The topological polar surface area (TPSA) is 108 Å². The maximum Gasteiger partial charge on any atom is 0.342 e. The maximum atomic E-state index is 11.9. The van der Waals surface area contributed by atoms with E-state index in [1.165, 1.54) is 6.92 Å². The zero-order chi connectivity index (χ0) is 16.5. The summed E-state index contributed by atoms with van der Waals surface area (Å²) in [4.78, 5) is 35.3. The summed E-state index contributed by atoms with van der Waals surface area (Å²) in [5, 5.41) is 10.5. The average Bonchev–Trinajstić information content (AvgIpc) is 2.40. The summed E-state index contributed by atoms with van der Waals surface area (Å²) in [5.41, 5.74) is -2.51. The molecule has 2 atom stereocenters. The molecule has 2 unspecified atom stereocenters. The lowest BCUT2D eigenvalue weighted by Gasteiger charge is -2.30. The minimum absolute atomic E-state index is 0.0248. The van der Waals surface area contributed by atoms with Gasteiger partial charge in [-0.15, -0.1) is 0 Å². The summed E-state index contributed by atoms with van der Waals surface area (Å²) in [6, 6.07) is 0. The Labute approximate surface area is 123 Å². The molecule has 0 fully saturated rings. The molecule has 8 nitrogen and oxygen atoms in total. The zero-order valence-electron chi connectivity index (χ0n) is 12.7. The van der Waals surface area contributed by atoms with Crippen LogP contribution in [-0.4, -0.2) is 61.6 Å². The number of carbonyl (C=O) groups is 3. The van der Waals surface area contributed by atoms with Gasteiger partial charge in [0.1, 0.15) is 0 Å². The first kappa shape index (κ1) is 19.3. The van der Waals surface area contributed by atoms with Gasteiger partial charge in [-0.1, -0.05) is 0 Å². The maximum absolute atomic E-state index is 11.9. The number of carbonyl (C=O) groups excluding carboxylic acids is 3. The van der Waals surface area contributed by atoms with Crippen molar-refractivity contribution in [2.24, 2.45) is 0 Å². The normalized spacial score (nSPS) is 14.7. The quantitative estimate of drug-likeness (QED) is 0.461. The third kappa shape index (κ3) is 5.31. The Bertz CT molecular complexity index is 367. The predicted molar refractivity (Wildman–Crippen MR) is 70.3 cm³/mol. The van der Waals surface area contributed by atoms with Gasteiger partial charge in [-0.05, 0) is 20.8 Å². The summed E-state index contributed by atoms with van der Waals surface area (Å²) >= 11 is 0. The SMILES string of the molecule is CCOC(=O)CC(O)(C(=O)OCC)C(OC)C(=O)OCC. The number of ether oxygens (including phenoxy) is 4. The largest absolute Gasteiger partial charge is 0.466 e. The first-order valence-electron chi connectivity index (χ1n) is 6.61. The van der Waals surface area contributed by atoms with Crippen molar-refractivity contribution in [1.29, 1.82) is 0 Å². The molecule has 0 aliphatic carbocycles. The number of hydrogen-bond donors (Lipinski definition) is 1. The smallest absolute Gasteiger partial charge is 0.342 e. The van der Waals surface area contributed by atoms with E-state index in [0.29, 0.717) is 0 Å². The molecule has 0 aromatic rings. The van der Waals surface area contributed by atoms with E-state index >= 15 is 0 Å². The lowest BCUT2D eigenvalue weighted by molar-refractivity contribution is -0.197. The molecular formula is C13H22O8. The van der Waals surface area contributed by atoms with E-state index in [1.54, 1.807) is 13.8 Å². The van der Waals surface area contributed by atoms with Gasteiger partial charge in [0.2, 0.25) is 5.60 Å². The first-order chi connectivity index (χ1) is 9.87. The molecule has 0 radical (unpaired) electrons. The molecule has 0 aliphatic rings. The van der Waals surface area contributed by atoms with Crippen molar-refractivity contribution in [1.82, 2.24) is 0 Å². The molecule has 0 aliphatic heterocycles. The van der Waals surface area contributed by atoms with Crippen molar-refractivity contribution >= 4 is 17.9 Å². The number of methoxy groups -OCH3 is 1. The Morgan fingerprint density at radius 3 is 1.95 bits per heavy atom. The van der Waals surface area contributed by atoms with Crippen LogP contribution in [0.1, 0.15) is 27.2 Å². The molecule has 0 aromatic heterocycles. The fourth-order valence-electron chi connectivity index (χ4n) is 1.66. The van der Waals surface area contributed by atoms with E-state index in [2.05, 4.69) is 4.74 Å². The Kier molecular flexibility index (Phi) is 8.56. The molecule has 8 heteroatoms. The summed E-state index contributed by atoms with van der Waals surface area (Å²) in [6.45, 7) is 4.70. The van der Waals surface area contributed by atoms with Gasteiger partial charge in [-0.25, -0.2) is 9.59 Å². The highest BCUT2D eigenvalue weighted by atomic mass is 16.6. The second-order valence-corrected chi connectivity index (χ2v) is 3.99. The van der Waals surface area contributed by atoms with Crippen LogP contribution in [0.25, 0.3) is 0 Å². The molecule has 0 amide bonds. The highest BCUT2D eigenvalue weighted by Gasteiger charge is 2.52.